The molecule has 4 aromatic rings. The lowest BCUT2D eigenvalue weighted by Crippen LogP contribution is -2.38. The third-order valence-electron chi connectivity index (χ3n) is 7.18. The van der Waals surface area contributed by atoms with Gasteiger partial charge in [-0.25, -0.2) is 13.8 Å². The van der Waals surface area contributed by atoms with E-state index in [0.29, 0.717) is 28.8 Å². The first-order valence-corrected chi connectivity index (χ1v) is 13.2. The molecule has 0 saturated heterocycles. The first kappa shape index (κ1) is 30.7. The number of nitrogens with zero attached hydrogens (tertiary/aromatic N) is 3. The monoisotopic (exact) mass is 579 g/mol. The maximum Gasteiger partial charge on any atom is 0.217 e. The summed E-state index contributed by atoms with van der Waals surface area (Å²) in [5.74, 6) is -1.59. The van der Waals surface area contributed by atoms with Crippen molar-refractivity contribution < 1.29 is 32.8 Å². The van der Waals surface area contributed by atoms with Gasteiger partial charge < -0.3 is 29.0 Å². The minimum atomic E-state index is -1.80. The normalized spacial score (nSPS) is 13.4. The van der Waals surface area contributed by atoms with Crippen LogP contribution in [0.4, 0.5) is 8.78 Å². The maximum atomic E-state index is 16.2. The molecule has 1 N–H and O–H groups in total. The van der Waals surface area contributed by atoms with Gasteiger partial charge in [-0.05, 0) is 55.9 Å². The number of pyridine rings is 2. The van der Waals surface area contributed by atoms with Crippen LogP contribution in [0.3, 0.4) is 0 Å². The number of benzene rings is 2. The number of hydrogen-bond donors (Lipinski definition) is 1. The predicted octanol–water partition coefficient (Wildman–Crippen LogP) is 5.43. The summed E-state index contributed by atoms with van der Waals surface area (Å²) >= 11 is 0. The van der Waals surface area contributed by atoms with E-state index in [4.69, 9.17) is 18.9 Å². The van der Waals surface area contributed by atoms with Crippen LogP contribution >= 0.6 is 0 Å². The number of hydrogen-bond acceptors (Lipinski definition) is 8. The zero-order valence-electron chi connectivity index (χ0n) is 24.5. The van der Waals surface area contributed by atoms with Gasteiger partial charge in [0.25, 0.3) is 0 Å². The Kier molecular flexibility index (Phi) is 9.59. The van der Waals surface area contributed by atoms with Gasteiger partial charge >= 0.3 is 0 Å². The smallest absolute Gasteiger partial charge is 0.217 e. The van der Waals surface area contributed by atoms with E-state index in [0.717, 1.165) is 0 Å². The second kappa shape index (κ2) is 13.1. The minimum absolute atomic E-state index is 0.00515. The van der Waals surface area contributed by atoms with Crippen LogP contribution in [-0.4, -0.2) is 69.1 Å². The van der Waals surface area contributed by atoms with Crippen LogP contribution < -0.4 is 18.9 Å². The molecule has 4 rings (SSSR count). The molecule has 2 unspecified atom stereocenters. The third-order valence-corrected chi connectivity index (χ3v) is 7.18. The molecule has 10 heteroatoms. The lowest BCUT2D eigenvalue weighted by atomic mass is 9.71. The van der Waals surface area contributed by atoms with Gasteiger partial charge in [-0.15, -0.1) is 0 Å². The maximum absolute atomic E-state index is 16.2. The zero-order valence-corrected chi connectivity index (χ0v) is 24.5. The Morgan fingerprint density at radius 3 is 2.12 bits per heavy atom. The van der Waals surface area contributed by atoms with E-state index in [1.165, 1.54) is 46.6 Å². The molecular weight excluding hydrogens is 544 g/mol. The summed E-state index contributed by atoms with van der Waals surface area (Å²) in [6, 6.07) is 15.7. The van der Waals surface area contributed by atoms with Crippen molar-refractivity contribution in [2.24, 2.45) is 0 Å². The van der Waals surface area contributed by atoms with Gasteiger partial charge in [-0.1, -0.05) is 24.3 Å². The lowest BCUT2D eigenvalue weighted by molar-refractivity contribution is 0.00229. The molecule has 0 fully saturated rings. The van der Waals surface area contributed by atoms with Gasteiger partial charge in [0, 0.05) is 41.6 Å². The number of halogens is 2. The minimum Gasteiger partial charge on any atom is -0.494 e. The Morgan fingerprint density at radius 1 is 0.833 bits per heavy atom. The van der Waals surface area contributed by atoms with Crippen molar-refractivity contribution >= 4 is 0 Å². The molecule has 0 aliphatic rings. The van der Waals surface area contributed by atoms with Crippen molar-refractivity contribution in [2.45, 2.75) is 17.9 Å². The second-order valence-corrected chi connectivity index (χ2v) is 10.0. The fourth-order valence-corrected chi connectivity index (χ4v) is 5.05. The van der Waals surface area contributed by atoms with Crippen LogP contribution in [0.1, 0.15) is 29.0 Å². The molecule has 222 valence electrons. The molecule has 2 aromatic carbocycles. The summed E-state index contributed by atoms with van der Waals surface area (Å²) < 4.78 is 52.3. The van der Waals surface area contributed by atoms with Crippen LogP contribution in [0.15, 0.2) is 66.9 Å². The first-order chi connectivity index (χ1) is 20.1. The third kappa shape index (κ3) is 6.29. The summed E-state index contributed by atoms with van der Waals surface area (Å²) in [4.78, 5) is 10.7. The number of aliphatic hydroxyl groups is 1. The highest BCUT2D eigenvalue weighted by Crippen LogP contribution is 2.49. The number of ether oxygens (including phenoxy) is 4. The van der Waals surface area contributed by atoms with Crippen molar-refractivity contribution in [3.05, 3.63) is 95.2 Å². The molecule has 0 amide bonds. The summed E-state index contributed by atoms with van der Waals surface area (Å²) in [6.07, 6.45) is 1.69. The van der Waals surface area contributed by atoms with E-state index < -0.39 is 23.2 Å². The van der Waals surface area contributed by atoms with Crippen LogP contribution in [-0.2, 0) is 5.60 Å². The molecule has 42 heavy (non-hydrogen) atoms. The van der Waals surface area contributed by atoms with Gasteiger partial charge in [0.1, 0.15) is 11.4 Å². The summed E-state index contributed by atoms with van der Waals surface area (Å²) in [5, 5.41) is 12.9. The molecule has 0 bridgehead atoms. The zero-order chi connectivity index (χ0) is 30.4. The van der Waals surface area contributed by atoms with Crippen LogP contribution in [0, 0.1) is 11.6 Å². The standard InChI is InChI=1S/C32H35F2N3O5/c1-37(2)14-13-32(38,22-17-27(40-4)36-28(18-22)41-5)29(24-11-8-12-26(39-3)30(24)34)25-16-21(19-35-31(25)42-6)20-9-7-10-23(33)15-20/h7-12,15-19,29,38H,13-14H2,1-6H3. The van der Waals surface area contributed by atoms with Gasteiger partial charge in [0.05, 0.1) is 34.4 Å². The molecule has 2 aromatic heterocycles. The van der Waals surface area contributed by atoms with Gasteiger partial charge in [-0.2, -0.15) is 4.98 Å². The van der Waals surface area contributed by atoms with E-state index in [9.17, 15) is 9.50 Å². The van der Waals surface area contributed by atoms with E-state index in [1.807, 2.05) is 19.0 Å². The molecule has 0 spiro atoms. The largest absolute Gasteiger partial charge is 0.494 e. The molecule has 2 heterocycles. The molecule has 0 saturated carbocycles. The van der Waals surface area contributed by atoms with E-state index in [-0.39, 0.29) is 35.4 Å². The first-order valence-electron chi connectivity index (χ1n) is 13.2. The fraction of sp³-hybridized carbons (Fsp3) is 0.312. The highest BCUT2D eigenvalue weighted by Gasteiger charge is 2.44. The summed E-state index contributed by atoms with van der Waals surface area (Å²) in [7, 11) is 9.49. The van der Waals surface area contributed by atoms with Crippen molar-refractivity contribution in [3.8, 4) is 34.5 Å². The summed E-state index contributed by atoms with van der Waals surface area (Å²) in [5.41, 5.74) is 0.206. The molecule has 2 atom stereocenters. The highest BCUT2D eigenvalue weighted by molar-refractivity contribution is 5.65. The van der Waals surface area contributed by atoms with Crippen molar-refractivity contribution in [3.63, 3.8) is 0 Å². The fourth-order valence-electron chi connectivity index (χ4n) is 5.05. The molecule has 0 aliphatic carbocycles. The summed E-state index contributed by atoms with van der Waals surface area (Å²) in [6.45, 7) is 0.422. The van der Waals surface area contributed by atoms with Crippen molar-refractivity contribution in [2.75, 3.05) is 49.1 Å². The SMILES string of the molecule is COc1cc(C(O)(CCN(C)C)C(c2cc(-c3cccc(F)c3)cnc2OC)c2cccc(OC)c2F)cc(OC)n1. The Bertz CT molecular complexity index is 1510. The average Bonchev–Trinajstić information content (AvgIpc) is 3.00. The van der Waals surface area contributed by atoms with Crippen LogP contribution in [0.5, 0.6) is 23.4 Å². The molecule has 0 aliphatic heterocycles. The van der Waals surface area contributed by atoms with Crippen LogP contribution in [0.2, 0.25) is 0 Å². The average molecular weight is 580 g/mol. The lowest BCUT2D eigenvalue weighted by Gasteiger charge is -2.39. The van der Waals surface area contributed by atoms with Crippen molar-refractivity contribution in [1.82, 2.24) is 14.9 Å². The second-order valence-electron chi connectivity index (χ2n) is 10.0. The highest BCUT2D eigenvalue weighted by atomic mass is 19.1. The predicted molar refractivity (Wildman–Crippen MR) is 155 cm³/mol. The Morgan fingerprint density at radius 2 is 1.52 bits per heavy atom. The van der Waals surface area contributed by atoms with Crippen LogP contribution in [0.25, 0.3) is 11.1 Å². The topological polar surface area (TPSA) is 86.2 Å². The van der Waals surface area contributed by atoms with E-state index in [1.54, 1.807) is 48.7 Å². The number of rotatable bonds is 12. The number of aromatic nitrogens is 2. The molecule has 8 nitrogen and oxygen atoms in total. The van der Waals surface area contributed by atoms with Gasteiger partial charge in [0.15, 0.2) is 11.6 Å². The van der Waals surface area contributed by atoms with Crippen molar-refractivity contribution in [1.29, 1.82) is 0 Å². The molecular formula is C32H35F2N3O5. The van der Waals surface area contributed by atoms with Gasteiger partial charge in [-0.3, -0.25) is 0 Å². The van der Waals surface area contributed by atoms with E-state index in [2.05, 4.69) is 9.97 Å². The number of methoxy groups -OCH3 is 4. The van der Waals surface area contributed by atoms with E-state index >= 15 is 4.39 Å². The molecule has 0 radical (unpaired) electrons. The Hall–Kier alpha value is -4.28. The Labute approximate surface area is 244 Å². The van der Waals surface area contributed by atoms with Gasteiger partial charge in [0.2, 0.25) is 17.6 Å². The quantitative estimate of drug-likeness (QED) is 0.238. The Balaban J connectivity index is 2.10.